The third kappa shape index (κ3) is 2.05. The van der Waals surface area contributed by atoms with Crippen molar-refractivity contribution < 1.29 is 4.79 Å². The molecule has 1 atom stereocenters. The van der Waals surface area contributed by atoms with E-state index in [0.717, 1.165) is 12.8 Å². The Labute approximate surface area is 70.2 Å². The molecule has 0 aromatic heterocycles. The average Bonchev–Trinajstić information content (AvgIpc) is 1.83. The molecule has 1 aliphatic rings. The number of ketones is 1. The number of Topliss-reactive ketones (excluding diaryl/α,β-unsaturated/α-hetero) is 1. The van der Waals surface area contributed by atoms with Crippen molar-refractivity contribution in [1.29, 1.82) is 0 Å². The van der Waals surface area contributed by atoms with Gasteiger partial charge in [-0.3, -0.25) is 4.79 Å². The highest BCUT2D eigenvalue weighted by Gasteiger charge is 2.34. The van der Waals surface area contributed by atoms with E-state index in [9.17, 15) is 4.79 Å². The van der Waals surface area contributed by atoms with Gasteiger partial charge in [0.15, 0.2) is 0 Å². The molecule has 11 heavy (non-hydrogen) atoms. The second kappa shape index (κ2) is 3.38. The molecule has 0 bridgehead atoms. The molecule has 0 amide bonds. The van der Waals surface area contributed by atoms with Crippen LogP contribution >= 0.6 is 0 Å². The SMILES string of the molecule is C.CC1CCCC(C)(C)C1=O. The van der Waals surface area contributed by atoms with E-state index < -0.39 is 0 Å². The summed E-state index contributed by atoms with van der Waals surface area (Å²) in [6.07, 6.45) is 3.40. The molecule has 1 aliphatic carbocycles. The van der Waals surface area contributed by atoms with Gasteiger partial charge in [0.25, 0.3) is 0 Å². The topological polar surface area (TPSA) is 17.1 Å². The summed E-state index contributed by atoms with van der Waals surface area (Å²) in [6, 6.07) is 0. The highest BCUT2D eigenvalue weighted by atomic mass is 16.1. The average molecular weight is 156 g/mol. The van der Waals surface area contributed by atoms with Crippen molar-refractivity contribution in [3.05, 3.63) is 0 Å². The number of hydrogen-bond donors (Lipinski definition) is 0. The van der Waals surface area contributed by atoms with Crippen molar-refractivity contribution >= 4 is 5.78 Å². The van der Waals surface area contributed by atoms with Gasteiger partial charge in [-0.15, -0.1) is 0 Å². The molecule has 0 aromatic carbocycles. The van der Waals surface area contributed by atoms with E-state index in [1.165, 1.54) is 6.42 Å². The molecule has 1 nitrogen and oxygen atoms in total. The molecular weight excluding hydrogens is 136 g/mol. The third-order valence-corrected chi connectivity index (χ3v) is 2.55. The second-order valence-corrected chi connectivity index (χ2v) is 4.04. The summed E-state index contributed by atoms with van der Waals surface area (Å²) in [6.45, 7) is 6.17. The molecule has 0 saturated heterocycles. The largest absolute Gasteiger partial charge is 0.299 e. The van der Waals surface area contributed by atoms with Gasteiger partial charge in [0, 0.05) is 11.3 Å². The minimum absolute atomic E-state index is 0. The first-order valence-electron chi connectivity index (χ1n) is 4.08. The fourth-order valence-electron chi connectivity index (χ4n) is 1.77. The Morgan fingerprint density at radius 2 is 2.00 bits per heavy atom. The number of hydrogen-bond acceptors (Lipinski definition) is 1. The van der Waals surface area contributed by atoms with Crippen LogP contribution in [0.1, 0.15) is 47.5 Å². The van der Waals surface area contributed by atoms with Crippen molar-refractivity contribution in [2.24, 2.45) is 11.3 Å². The van der Waals surface area contributed by atoms with Crippen LogP contribution in [0, 0.1) is 11.3 Å². The molecule has 1 heteroatoms. The van der Waals surface area contributed by atoms with Gasteiger partial charge in [-0.25, -0.2) is 0 Å². The van der Waals surface area contributed by atoms with Crippen molar-refractivity contribution in [1.82, 2.24) is 0 Å². The number of carbonyl (C=O) groups is 1. The quantitative estimate of drug-likeness (QED) is 0.527. The Morgan fingerprint density at radius 1 is 1.45 bits per heavy atom. The summed E-state index contributed by atoms with van der Waals surface area (Å²) in [5.41, 5.74) is -0.0301. The van der Waals surface area contributed by atoms with E-state index in [1.807, 2.05) is 6.92 Å². The molecule has 1 rings (SSSR count). The summed E-state index contributed by atoms with van der Waals surface area (Å²) >= 11 is 0. The molecule has 1 saturated carbocycles. The van der Waals surface area contributed by atoms with Gasteiger partial charge in [-0.2, -0.15) is 0 Å². The molecule has 0 radical (unpaired) electrons. The van der Waals surface area contributed by atoms with Crippen LogP contribution < -0.4 is 0 Å². The van der Waals surface area contributed by atoms with Crippen LogP contribution in [0.5, 0.6) is 0 Å². The van der Waals surface area contributed by atoms with E-state index >= 15 is 0 Å². The standard InChI is InChI=1S/C9H16O.CH4/c1-7-5-4-6-9(2,3)8(7)10;/h7H,4-6H2,1-3H3;1H4. The molecule has 1 fully saturated rings. The van der Waals surface area contributed by atoms with Crippen molar-refractivity contribution in [2.45, 2.75) is 47.5 Å². The minimum atomic E-state index is -0.0301. The van der Waals surface area contributed by atoms with Gasteiger partial charge in [-0.05, 0) is 12.8 Å². The summed E-state index contributed by atoms with van der Waals surface area (Å²) in [7, 11) is 0. The third-order valence-electron chi connectivity index (χ3n) is 2.55. The van der Waals surface area contributed by atoms with E-state index in [0.29, 0.717) is 11.7 Å². The van der Waals surface area contributed by atoms with Gasteiger partial charge < -0.3 is 0 Å². The van der Waals surface area contributed by atoms with Crippen LogP contribution in [0.25, 0.3) is 0 Å². The first-order valence-corrected chi connectivity index (χ1v) is 4.08. The van der Waals surface area contributed by atoms with Crippen LogP contribution in [0.3, 0.4) is 0 Å². The Bertz CT molecular complexity index is 147. The molecule has 0 spiro atoms. The fourth-order valence-corrected chi connectivity index (χ4v) is 1.77. The van der Waals surface area contributed by atoms with E-state index in [2.05, 4.69) is 13.8 Å². The number of carbonyl (C=O) groups excluding carboxylic acids is 1. The maximum Gasteiger partial charge on any atom is 0.141 e. The summed E-state index contributed by atoms with van der Waals surface area (Å²) < 4.78 is 0. The van der Waals surface area contributed by atoms with Crippen LogP contribution in [0.4, 0.5) is 0 Å². The first-order chi connectivity index (χ1) is 4.54. The summed E-state index contributed by atoms with van der Waals surface area (Å²) in [4.78, 5) is 11.4. The lowest BCUT2D eigenvalue weighted by Crippen LogP contribution is -2.33. The number of rotatable bonds is 0. The molecule has 66 valence electrons. The van der Waals surface area contributed by atoms with E-state index in [4.69, 9.17) is 0 Å². The monoisotopic (exact) mass is 156 g/mol. The maximum absolute atomic E-state index is 11.4. The van der Waals surface area contributed by atoms with Crippen molar-refractivity contribution in [3.63, 3.8) is 0 Å². The Hall–Kier alpha value is -0.330. The lowest BCUT2D eigenvalue weighted by atomic mass is 9.72. The summed E-state index contributed by atoms with van der Waals surface area (Å²) in [5, 5.41) is 0. The molecule has 0 N–H and O–H groups in total. The van der Waals surface area contributed by atoms with Gasteiger partial charge in [0.1, 0.15) is 5.78 Å². The van der Waals surface area contributed by atoms with Gasteiger partial charge >= 0.3 is 0 Å². The maximum atomic E-state index is 11.4. The van der Waals surface area contributed by atoms with Gasteiger partial charge in [-0.1, -0.05) is 34.6 Å². The molecule has 0 aliphatic heterocycles. The van der Waals surface area contributed by atoms with E-state index in [1.54, 1.807) is 0 Å². The first kappa shape index (κ1) is 10.7. The van der Waals surface area contributed by atoms with Crippen molar-refractivity contribution in [2.75, 3.05) is 0 Å². The zero-order chi connectivity index (χ0) is 7.78. The molecule has 0 heterocycles. The highest BCUT2D eigenvalue weighted by Crippen LogP contribution is 2.34. The van der Waals surface area contributed by atoms with Gasteiger partial charge in [0.2, 0.25) is 0 Å². The zero-order valence-corrected chi connectivity index (χ0v) is 7.11. The Morgan fingerprint density at radius 3 is 2.36 bits per heavy atom. The highest BCUT2D eigenvalue weighted by molar-refractivity contribution is 5.86. The Kier molecular flexibility index (Phi) is 3.28. The van der Waals surface area contributed by atoms with Crippen molar-refractivity contribution in [3.8, 4) is 0 Å². The fraction of sp³-hybridized carbons (Fsp3) is 0.900. The predicted molar refractivity (Wildman–Crippen MR) is 48.5 cm³/mol. The van der Waals surface area contributed by atoms with Crippen LogP contribution in [-0.2, 0) is 4.79 Å². The lowest BCUT2D eigenvalue weighted by Gasteiger charge is -2.31. The van der Waals surface area contributed by atoms with E-state index in [-0.39, 0.29) is 12.8 Å². The van der Waals surface area contributed by atoms with Gasteiger partial charge in [0.05, 0.1) is 0 Å². The molecular formula is C10H20O. The zero-order valence-electron chi connectivity index (χ0n) is 7.11. The normalized spacial score (nSPS) is 29.4. The Balaban J connectivity index is 0.000001000. The van der Waals surface area contributed by atoms with Crippen LogP contribution in [-0.4, -0.2) is 5.78 Å². The van der Waals surface area contributed by atoms with Crippen LogP contribution in [0.15, 0.2) is 0 Å². The summed E-state index contributed by atoms with van der Waals surface area (Å²) in [5.74, 6) is 0.766. The molecule has 0 aromatic rings. The minimum Gasteiger partial charge on any atom is -0.299 e. The van der Waals surface area contributed by atoms with Crippen LogP contribution in [0.2, 0.25) is 0 Å². The molecule has 1 unspecified atom stereocenters. The lowest BCUT2D eigenvalue weighted by molar-refractivity contribution is -0.133. The second-order valence-electron chi connectivity index (χ2n) is 4.04. The smallest absolute Gasteiger partial charge is 0.141 e. The predicted octanol–water partition coefficient (Wildman–Crippen LogP) is 3.04.